The molecule has 1 aliphatic heterocycles. The first-order valence-electron chi connectivity index (χ1n) is 4.77. The Morgan fingerprint density at radius 1 is 1.33 bits per heavy atom. The third-order valence-electron chi connectivity index (χ3n) is 2.44. The van der Waals surface area contributed by atoms with E-state index in [-0.39, 0.29) is 5.83 Å². The Kier molecular flexibility index (Phi) is 2.18. The molecule has 0 atom stereocenters. The molecule has 2 nitrogen and oxygen atoms in total. The van der Waals surface area contributed by atoms with Crippen LogP contribution in [0, 0.1) is 0 Å². The second-order valence-corrected chi connectivity index (χ2v) is 4.01. The molecule has 1 aliphatic rings. The van der Waals surface area contributed by atoms with E-state index in [1.165, 1.54) is 6.08 Å². The standard InChI is InChI=1S/C12H13FO2/c1-12(2)11(13)6-8-4-5-9(14-3)7-10(8)15-12/h4-7H,1-3H3. The summed E-state index contributed by atoms with van der Waals surface area (Å²) in [6, 6.07) is 5.33. The Bertz CT molecular complexity index is 422. The average molecular weight is 208 g/mol. The summed E-state index contributed by atoms with van der Waals surface area (Å²) in [6.45, 7) is 3.39. The predicted molar refractivity (Wildman–Crippen MR) is 56.8 cm³/mol. The van der Waals surface area contributed by atoms with E-state index in [0.29, 0.717) is 11.5 Å². The van der Waals surface area contributed by atoms with Crippen molar-refractivity contribution in [3.63, 3.8) is 0 Å². The maximum absolute atomic E-state index is 13.5. The summed E-state index contributed by atoms with van der Waals surface area (Å²) in [5, 5.41) is 0. The van der Waals surface area contributed by atoms with Crippen molar-refractivity contribution in [3.8, 4) is 11.5 Å². The predicted octanol–water partition coefficient (Wildman–Crippen LogP) is 3.18. The highest BCUT2D eigenvalue weighted by atomic mass is 19.1. The topological polar surface area (TPSA) is 18.5 Å². The monoisotopic (exact) mass is 208 g/mol. The molecule has 80 valence electrons. The summed E-state index contributed by atoms with van der Waals surface area (Å²) in [7, 11) is 1.59. The normalized spacial score (nSPS) is 17.5. The fourth-order valence-electron chi connectivity index (χ4n) is 1.48. The van der Waals surface area contributed by atoms with Crippen molar-refractivity contribution < 1.29 is 13.9 Å². The Morgan fingerprint density at radius 3 is 2.73 bits per heavy atom. The number of halogens is 1. The van der Waals surface area contributed by atoms with Crippen molar-refractivity contribution in [3.05, 3.63) is 29.6 Å². The highest BCUT2D eigenvalue weighted by Gasteiger charge is 2.30. The van der Waals surface area contributed by atoms with E-state index in [2.05, 4.69) is 0 Å². The fourth-order valence-corrected chi connectivity index (χ4v) is 1.48. The molecule has 0 bridgehead atoms. The van der Waals surface area contributed by atoms with Gasteiger partial charge in [-0.25, -0.2) is 4.39 Å². The number of methoxy groups -OCH3 is 1. The molecule has 0 radical (unpaired) electrons. The van der Waals surface area contributed by atoms with Crippen molar-refractivity contribution >= 4 is 6.08 Å². The van der Waals surface area contributed by atoms with E-state index < -0.39 is 5.60 Å². The molecule has 0 saturated carbocycles. The SMILES string of the molecule is COc1ccc2c(c1)OC(C)(C)C(F)=C2. The number of ether oxygens (including phenoxy) is 2. The summed E-state index contributed by atoms with van der Waals surface area (Å²) in [4.78, 5) is 0. The van der Waals surface area contributed by atoms with E-state index in [9.17, 15) is 4.39 Å². The van der Waals surface area contributed by atoms with Gasteiger partial charge in [-0.2, -0.15) is 0 Å². The lowest BCUT2D eigenvalue weighted by Crippen LogP contribution is -2.31. The first-order valence-corrected chi connectivity index (χ1v) is 4.77. The molecule has 0 aliphatic carbocycles. The molecular formula is C12H13FO2. The second kappa shape index (κ2) is 3.26. The molecule has 0 aromatic heterocycles. The van der Waals surface area contributed by atoms with E-state index >= 15 is 0 Å². The molecule has 1 aromatic carbocycles. The van der Waals surface area contributed by atoms with Crippen LogP contribution in [0.25, 0.3) is 6.08 Å². The zero-order chi connectivity index (χ0) is 11.1. The summed E-state index contributed by atoms with van der Waals surface area (Å²) in [5.74, 6) is 1.10. The van der Waals surface area contributed by atoms with Gasteiger partial charge in [-0.3, -0.25) is 0 Å². The van der Waals surface area contributed by atoms with Gasteiger partial charge < -0.3 is 9.47 Å². The number of fused-ring (bicyclic) bond motifs is 1. The molecular weight excluding hydrogens is 195 g/mol. The molecule has 0 spiro atoms. The number of hydrogen-bond acceptors (Lipinski definition) is 2. The van der Waals surface area contributed by atoms with Gasteiger partial charge in [0.15, 0.2) is 5.60 Å². The Balaban J connectivity index is 2.48. The van der Waals surface area contributed by atoms with Gasteiger partial charge in [-0.05, 0) is 32.1 Å². The molecule has 0 unspecified atom stereocenters. The Morgan fingerprint density at radius 2 is 2.07 bits per heavy atom. The van der Waals surface area contributed by atoms with Gasteiger partial charge in [-0.1, -0.05) is 0 Å². The smallest absolute Gasteiger partial charge is 0.154 e. The van der Waals surface area contributed by atoms with Gasteiger partial charge in [0, 0.05) is 11.6 Å². The molecule has 3 heteroatoms. The van der Waals surface area contributed by atoms with Crippen LogP contribution >= 0.6 is 0 Å². The van der Waals surface area contributed by atoms with Gasteiger partial charge in [0.2, 0.25) is 0 Å². The van der Waals surface area contributed by atoms with Crippen molar-refractivity contribution in [2.24, 2.45) is 0 Å². The first-order chi connectivity index (χ1) is 7.03. The molecule has 1 aromatic rings. The summed E-state index contributed by atoms with van der Waals surface area (Å²) >= 11 is 0. The van der Waals surface area contributed by atoms with Gasteiger partial charge >= 0.3 is 0 Å². The summed E-state index contributed by atoms with van der Waals surface area (Å²) < 4.78 is 24.2. The Hall–Kier alpha value is -1.51. The highest BCUT2D eigenvalue weighted by molar-refractivity contribution is 5.64. The van der Waals surface area contributed by atoms with Gasteiger partial charge in [0.1, 0.15) is 17.3 Å². The van der Waals surface area contributed by atoms with Crippen LogP contribution in [-0.2, 0) is 0 Å². The second-order valence-electron chi connectivity index (χ2n) is 4.01. The maximum Gasteiger partial charge on any atom is 0.154 e. The molecule has 0 amide bonds. The van der Waals surface area contributed by atoms with Crippen LogP contribution in [0.2, 0.25) is 0 Å². The molecule has 0 N–H and O–H groups in total. The van der Waals surface area contributed by atoms with E-state index in [4.69, 9.17) is 9.47 Å². The molecule has 1 heterocycles. The highest BCUT2D eigenvalue weighted by Crippen LogP contribution is 2.37. The number of rotatable bonds is 1. The average Bonchev–Trinajstić information content (AvgIpc) is 2.18. The van der Waals surface area contributed by atoms with Crippen molar-refractivity contribution in [1.82, 2.24) is 0 Å². The zero-order valence-electron chi connectivity index (χ0n) is 9.00. The largest absolute Gasteiger partial charge is 0.497 e. The van der Waals surface area contributed by atoms with Crippen molar-refractivity contribution in [1.29, 1.82) is 0 Å². The number of hydrogen-bond donors (Lipinski definition) is 0. The van der Waals surface area contributed by atoms with Crippen LogP contribution in [0.1, 0.15) is 19.4 Å². The lowest BCUT2D eigenvalue weighted by molar-refractivity contribution is 0.118. The lowest BCUT2D eigenvalue weighted by atomic mass is 10.0. The maximum atomic E-state index is 13.5. The van der Waals surface area contributed by atoms with Crippen LogP contribution < -0.4 is 9.47 Å². The quantitative estimate of drug-likeness (QED) is 0.705. The lowest BCUT2D eigenvalue weighted by Gasteiger charge is -2.29. The van der Waals surface area contributed by atoms with Crippen LogP contribution in [0.3, 0.4) is 0 Å². The summed E-state index contributed by atoms with van der Waals surface area (Å²) in [6.07, 6.45) is 1.50. The zero-order valence-corrected chi connectivity index (χ0v) is 9.00. The minimum absolute atomic E-state index is 0.264. The van der Waals surface area contributed by atoms with Gasteiger partial charge in [0.05, 0.1) is 7.11 Å². The number of benzene rings is 1. The van der Waals surface area contributed by atoms with Crippen LogP contribution in [0.5, 0.6) is 11.5 Å². The van der Waals surface area contributed by atoms with Crippen LogP contribution in [0.4, 0.5) is 4.39 Å². The van der Waals surface area contributed by atoms with Crippen LogP contribution in [0.15, 0.2) is 24.0 Å². The molecule has 0 fully saturated rings. The van der Waals surface area contributed by atoms with Crippen molar-refractivity contribution in [2.45, 2.75) is 19.4 Å². The van der Waals surface area contributed by atoms with E-state index in [0.717, 1.165) is 5.56 Å². The van der Waals surface area contributed by atoms with E-state index in [1.807, 2.05) is 0 Å². The molecule has 0 saturated heterocycles. The molecule has 15 heavy (non-hydrogen) atoms. The van der Waals surface area contributed by atoms with E-state index in [1.54, 1.807) is 39.2 Å². The minimum Gasteiger partial charge on any atom is -0.497 e. The fraction of sp³-hybridized carbons (Fsp3) is 0.333. The van der Waals surface area contributed by atoms with Gasteiger partial charge in [0.25, 0.3) is 0 Å². The van der Waals surface area contributed by atoms with Crippen LogP contribution in [-0.4, -0.2) is 12.7 Å². The molecule has 2 rings (SSSR count). The third kappa shape index (κ3) is 1.69. The Labute approximate surface area is 88.3 Å². The summed E-state index contributed by atoms with van der Waals surface area (Å²) in [5.41, 5.74) is -0.146. The van der Waals surface area contributed by atoms with Crippen molar-refractivity contribution in [2.75, 3.05) is 7.11 Å². The minimum atomic E-state index is -0.890. The van der Waals surface area contributed by atoms with Gasteiger partial charge in [-0.15, -0.1) is 0 Å². The first kappa shape index (κ1) is 10.0. The third-order valence-corrected chi connectivity index (χ3v) is 2.44.